The van der Waals surface area contributed by atoms with Gasteiger partial charge in [0.25, 0.3) is 0 Å². The van der Waals surface area contributed by atoms with Gasteiger partial charge in [0.05, 0.1) is 0 Å². The van der Waals surface area contributed by atoms with E-state index in [4.69, 9.17) is 0 Å². The highest BCUT2D eigenvalue weighted by Crippen LogP contribution is 2.02. The summed E-state index contributed by atoms with van der Waals surface area (Å²) >= 11 is 2.08. The summed E-state index contributed by atoms with van der Waals surface area (Å²) < 4.78 is 0.852. The summed E-state index contributed by atoms with van der Waals surface area (Å²) in [6, 6.07) is 5.39. The highest BCUT2D eigenvalue weighted by molar-refractivity contribution is 14.1. The first-order valence-electron chi connectivity index (χ1n) is 2.83. The van der Waals surface area contributed by atoms with Crippen molar-refractivity contribution in [3.63, 3.8) is 0 Å². The minimum atomic E-state index is 0.0125. The number of carbonyl (C=O) groups excluding carboxylic acids is 1. The minimum absolute atomic E-state index is 0.0125. The maximum atomic E-state index is 10.7. The van der Waals surface area contributed by atoms with Crippen LogP contribution in [0, 0.1) is 3.70 Å². The zero-order valence-corrected chi connectivity index (χ0v) is 7.62. The molecule has 0 spiro atoms. The molecule has 0 saturated heterocycles. The van der Waals surface area contributed by atoms with E-state index in [0.29, 0.717) is 5.69 Å². The molecule has 0 aliphatic heterocycles. The van der Waals surface area contributed by atoms with Crippen molar-refractivity contribution in [3.05, 3.63) is 27.6 Å². The van der Waals surface area contributed by atoms with Gasteiger partial charge in [0.2, 0.25) is 0 Å². The average Bonchev–Trinajstić information content (AvgIpc) is 1.88. The fourth-order valence-corrected chi connectivity index (χ4v) is 1.07. The molecule has 1 heterocycles. The predicted octanol–water partition coefficient (Wildman–Crippen LogP) is 1.89. The normalized spacial score (nSPS) is 9.40. The molecule has 2 nitrogen and oxygen atoms in total. The summed E-state index contributed by atoms with van der Waals surface area (Å²) in [5.41, 5.74) is 0.534. The van der Waals surface area contributed by atoms with Crippen LogP contribution in [-0.2, 0) is 0 Å². The van der Waals surface area contributed by atoms with E-state index in [2.05, 4.69) is 27.6 Å². The quantitative estimate of drug-likeness (QED) is 0.431. The van der Waals surface area contributed by atoms with Crippen molar-refractivity contribution in [2.75, 3.05) is 0 Å². The monoisotopic (exact) mass is 247 g/mol. The Balaban J connectivity index is 3.07. The van der Waals surface area contributed by atoms with Crippen LogP contribution in [0.4, 0.5) is 0 Å². The van der Waals surface area contributed by atoms with Gasteiger partial charge in [0, 0.05) is 6.92 Å². The second kappa shape index (κ2) is 3.09. The number of hydrogen-bond acceptors (Lipinski definition) is 2. The zero-order valence-electron chi connectivity index (χ0n) is 5.47. The van der Waals surface area contributed by atoms with E-state index in [1.807, 2.05) is 12.1 Å². The third kappa shape index (κ3) is 1.76. The second-order valence-corrected chi connectivity index (χ2v) is 3.01. The van der Waals surface area contributed by atoms with Gasteiger partial charge in [-0.2, -0.15) is 0 Å². The minimum Gasteiger partial charge on any atom is -0.293 e. The number of pyridine rings is 1. The van der Waals surface area contributed by atoms with E-state index in [1.54, 1.807) is 6.07 Å². The van der Waals surface area contributed by atoms with Gasteiger partial charge in [0.1, 0.15) is 9.39 Å². The van der Waals surface area contributed by atoms with Crippen LogP contribution in [0.15, 0.2) is 18.2 Å². The Kier molecular flexibility index (Phi) is 2.37. The molecule has 0 aromatic carbocycles. The van der Waals surface area contributed by atoms with E-state index in [9.17, 15) is 4.79 Å². The number of halogens is 1. The summed E-state index contributed by atoms with van der Waals surface area (Å²) in [5.74, 6) is 0.0125. The van der Waals surface area contributed by atoms with Crippen LogP contribution >= 0.6 is 22.6 Å². The topological polar surface area (TPSA) is 30.0 Å². The maximum absolute atomic E-state index is 10.7. The number of aromatic nitrogens is 1. The summed E-state index contributed by atoms with van der Waals surface area (Å²) in [6.07, 6.45) is 0. The fraction of sp³-hybridized carbons (Fsp3) is 0.143. The largest absolute Gasteiger partial charge is 0.293 e. The van der Waals surface area contributed by atoms with Gasteiger partial charge in [0.15, 0.2) is 5.78 Å². The molecule has 1 aromatic heterocycles. The van der Waals surface area contributed by atoms with Crippen molar-refractivity contribution in [2.24, 2.45) is 0 Å². The van der Waals surface area contributed by atoms with Gasteiger partial charge in [-0.25, -0.2) is 4.98 Å². The lowest BCUT2D eigenvalue weighted by atomic mass is 10.3. The van der Waals surface area contributed by atoms with Crippen molar-refractivity contribution in [1.82, 2.24) is 4.98 Å². The summed E-state index contributed by atoms with van der Waals surface area (Å²) in [7, 11) is 0. The lowest BCUT2D eigenvalue weighted by Crippen LogP contribution is -1.96. The Hall–Kier alpha value is -0.450. The lowest BCUT2D eigenvalue weighted by Gasteiger charge is -1.92. The molecule has 52 valence electrons. The maximum Gasteiger partial charge on any atom is 0.178 e. The standard InChI is InChI=1S/C7H6INO/c1-5(10)6-3-2-4-7(8)9-6/h2-4H,1H3. The highest BCUT2D eigenvalue weighted by atomic mass is 127. The lowest BCUT2D eigenvalue weighted by molar-refractivity contribution is 0.101. The third-order valence-corrected chi connectivity index (χ3v) is 1.68. The van der Waals surface area contributed by atoms with Crippen LogP contribution in [0.1, 0.15) is 17.4 Å². The number of Topliss-reactive ketones (excluding diaryl/α,β-unsaturated/α-hetero) is 1. The first-order valence-corrected chi connectivity index (χ1v) is 3.91. The molecule has 1 aromatic rings. The molecule has 10 heavy (non-hydrogen) atoms. The predicted molar refractivity (Wildman–Crippen MR) is 47.0 cm³/mol. The molecule has 0 aliphatic rings. The first-order chi connectivity index (χ1) is 4.70. The number of nitrogens with zero attached hydrogens (tertiary/aromatic N) is 1. The summed E-state index contributed by atoms with van der Waals surface area (Å²) in [5, 5.41) is 0. The molecule has 0 amide bonds. The summed E-state index contributed by atoms with van der Waals surface area (Å²) in [6.45, 7) is 1.51. The Morgan fingerprint density at radius 1 is 1.60 bits per heavy atom. The van der Waals surface area contributed by atoms with Crippen molar-refractivity contribution in [2.45, 2.75) is 6.92 Å². The molecule has 3 heteroatoms. The molecular formula is C7H6INO. The van der Waals surface area contributed by atoms with Crippen LogP contribution in [0.25, 0.3) is 0 Å². The molecule has 0 aliphatic carbocycles. The van der Waals surface area contributed by atoms with Crippen LogP contribution in [-0.4, -0.2) is 10.8 Å². The van der Waals surface area contributed by atoms with Crippen LogP contribution in [0.2, 0.25) is 0 Å². The zero-order chi connectivity index (χ0) is 7.56. The molecule has 0 radical (unpaired) electrons. The molecule has 0 bridgehead atoms. The van der Waals surface area contributed by atoms with Crippen LogP contribution in [0.3, 0.4) is 0 Å². The fourth-order valence-electron chi connectivity index (χ4n) is 0.604. The van der Waals surface area contributed by atoms with Gasteiger partial charge < -0.3 is 0 Å². The number of hydrogen-bond donors (Lipinski definition) is 0. The van der Waals surface area contributed by atoms with Gasteiger partial charge in [-0.15, -0.1) is 0 Å². The van der Waals surface area contributed by atoms with Gasteiger partial charge >= 0.3 is 0 Å². The van der Waals surface area contributed by atoms with Crippen molar-refractivity contribution in [3.8, 4) is 0 Å². The molecule has 0 atom stereocenters. The Morgan fingerprint density at radius 3 is 2.70 bits per heavy atom. The number of rotatable bonds is 1. The van der Waals surface area contributed by atoms with Crippen molar-refractivity contribution >= 4 is 28.4 Å². The van der Waals surface area contributed by atoms with Crippen LogP contribution in [0.5, 0.6) is 0 Å². The second-order valence-electron chi connectivity index (χ2n) is 1.90. The average molecular weight is 247 g/mol. The molecule has 0 N–H and O–H groups in total. The Bertz CT molecular complexity index is 260. The van der Waals surface area contributed by atoms with Gasteiger partial charge in [-0.1, -0.05) is 6.07 Å². The van der Waals surface area contributed by atoms with Crippen molar-refractivity contribution in [1.29, 1.82) is 0 Å². The molecule has 1 rings (SSSR count). The van der Waals surface area contributed by atoms with E-state index >= 15 is 0 Å². The number of ketones is 1. The number of carbonyl (C=O) groups is 1. The summed E-state index contributed by atoms with van der Waals surface area (Å²) in [4.78, 5) is 14.7. The van der Waals surface area contributed by atoms with Gasteiger partial charge in [-0.05, 0) is 34.7 Å². The Labute approximate surface area is 72.8 Å². The first kappa shape index (κ1) is 7.65. The molecule has 0 unspecified atom stereocenters. The van der Waals surface area contributed by atoms with E-state index in [-0.39, 0.29) is 5.78 Å². The van der Waals surface area contributed by atoms with E-state index in [0.717, 1.165) is 3.70 Å². The van der Waals surface area contributed by atoms with E-state index in [1.165, 1.54) is 6.92 Å². The van der Waals surface area contributed by atoms with Gasteiger partial charge in [-0.3, -0.25) is 4.79 Å². The van der Waals surface area contributed by atoms with E-state index < -0.39 is 0 Å². The smallest absolute Gasteiger partial charge is 0.178 e. The SMILES string of the molecule is CC(=O)c1cccc(I)n1. The van der Waals surface area contributed by atoms with Crippen LogP contribution < -0.4 is 0 Å². The Morgan fingerprint density at radius 2 is 2.30 bits per heavy atom. The van der Waals surface area contributed by atoms with Crippen molar-refractivity contribution < 1.29 is 4.79 Å². The third-order valence-electron chi connectivity index (χ3n) is 1.08. The molecule has 0 saturated carbocycles. The highest BCUT2D eigenvalue weighted by Gasteiger charge is 1.98. The molecular weight excluding hydrogens is 241 g/mol. The molecule has 0 fully saturated rings.